The molecule has 0 saturated carbocycles. The zero-order valence-corrected chi connectivity index (χ0v) is 13.7. The Morgan fingerprint density at radius 3 is 2.12 bits per heavy atom. The molecule has 9 heteroatoms. The van der Waals surface area contributed by atoms with Crippen LogP contribution in [0.4, 0.5) is 15.3 Å². The number of hydrogen-bond acceptors (Lipinski definition) is 6. The average Bonchev–Trinajstić information content (AvgIpc) is 2.95. The molecular formula is C15H19N3O6. The van der Waals surface area contributed by atoms with Crippen molar-refractivity contribution >= 4 is 17.9 Å². The Labute approximate surface area is 138 Å². The lowest BCUT2D eigenvalue weighted by Gasteiger charge is -2.29. The molecule has 0 spiro atoms. The summed E-state index contributed by atoms with van der Waals surface area (Å²) >= 11 is 0. The summed E-state index contributed by atoms with van der Waals surface area (Å²) in [5, 5.41) is 13.0. The second-order valence-corrected chi connectivity index (χ2v) is 6.20. The third-order valence-corrected chi connectivity index (χ3v) is 3.10. The van der Waals surface area contributed by atoms with E-state index < -0.39 is 22.7 Å². The second kappa shape index (κ2) is 6.73. The number of hydrazine groups is 1. The first kappa shape index (κ1) is 17.5. The van der Waals surface area contributed by atoms with E-state index in [0.717, 1.165) is 5.01 Å². The van der Waals surface area contributed by atoms with Gasteiger partial charge in [-0.2, -0.15) is 0 Å². The van der Waals surface area contributed by atoms with Gasteiger partial charge in [-0.15, -0.1) is 0 Å². The first-order valence-corrected chi connectivity index (χ1v) is 7.41. The van der Waals surface area contributed by atoms with Gasteiger partial charge in [0, 0.05) is 25.2 Å². The average molecular weight is 337 g/mol. The Morgan fingerprint density at radius 1 is 1.08 bits per heavy atom. The summed E-state index contributed by atoms with van der Waals surface area (Å²) in [6.45, 7) is 5.89. The van der Waals surface area contributed by atoms with Crippen LogP contribution in [0.3, 0.4) is 0 Å². The molecule has 2 rings (SSSR count). The molecule has 0 unspecified atom stereocenters. The van der Waals surface area contributed by atoms with Crippen LogP contribution < -0.4 is 4.74 Å². The third-order valence-electron chi connectivity index (χ3n) is 3.10. The fourth-order valence-electron chi connectivity index (χ4n) is 2.10. The van der Waals surface area contributed by atoms with Gasteiger partial charge in [-0.1, -0.05) is 0 Å². The number of nitrogens with zero attached hydrogens (tertiary/aromatic N) is 3. The molecule has 9 nitrogen and oxygen atoms in total. The van der Waals surface area contributed by atoms with Crippen LogP contribution in [0.1, 0.15) is 27.2 Å². The fraction of sp³-hybridized carbons (Fsp3) is 0.467. The minimum atomic E-state index is -0.743. The minimum absolute atomic E-state index is 0.105. The molecule has 0 aromatic heterocycles. The van der Waals surface area contributed by atoms with Gasteiger partial charge < -0.3 is 9.47 Å². The van der Waals surface area contributed by atoms with Crippen molar-refractivity contribution in [2.45, 2.75) is 32.8 Å². The summed E-state index contributed by atoms with van der Waals surface area (Å²) in [6, 6.07) is 5.12. The number of hydrogen-bond donors (Lipinski definition) is 0. The molecule has 0 N–H and O–H groups in total. The van der Waals surface area contributed by atoms with Crippen LogP contribution in [-0.4, -0.2) is 45.8 Å². The highest BCUT2D eigenvalue weighted by atomic mass is 16.6. The van der Waals surface area contributed by atoms with Gasteiger partial charge in [0.1, 0.15) is 11.4 Å². The zero-order chi connectivity index (χ0) is 17.9. The Hall–Kier alpha value is -2.84. The zero-order valence-electron chi connectivity index (χ0n) is 13.7. The molecule has 1 aromatic rings. The van der Waals surface area contributed by atoms with Crippen LogP contribution in [0, 0.1) is 10.1 Å². The predicted octanol–water partition coefficient (Wildman–Crippen LogP) is 2.95. The molecular weight excluding hydrogens is 318 g/mol. The number of amides is 2. The van der Waals surface area contributed by atoms with E-state index in [9.17, 15) is 19.7 Å². The van der Waals surface area contributed by atoms with Crippen molar-refractivity contribution in [3.63, 3.8) is 0 Å². The standard InChI is InChI=1S/C15H19N3O6/c1-15(2,3)24-14(20)17-10-4-9-16(17)13(19)23-12-7-5-11(6-8-12)18(21)22/h5-8H,4,9-10H2,1-3H3. The Morgan fingerprint density at radius 2 is 1.62 bits per heavy atom. The molecule has 0 atom stereocenters. The summed E-state index contributed by atoms with van der Waals surface area (Å²) in [6.07, 6.45) is -0.762. The summed E-state index contributed by atoms with van der Waals surface area (Å²) in [4.78, 5) is 34.4. The van der Waals surface area contributed by atoms with Crippen molar-refractivity contribution in [2.24, 2.45) is 0 Å². The van der Waals surface area contributed by atoms with Crippen molar-refractivity contribution in [2.75, 3.05) is 13.1 Å². The number of benzene rings is 1. The lowest BCUT2D eigenvalue weighted by molar-refractivity contribution is -0.384. The van der Waals surface area contributed by atoms with Gasteiger partial charge in [-0.05, 0) is 39.3 Å². The van der Waals surface area contributed by atoms with E-state index in [1.165, 1.54) is 29.3 Å². The van der Waals surface area contributed by atoms with E-state index in [0.29, 0.717) is 19.5 Å². The van der Waals surface area contributed by atoms with E-state index in [1.807, 2.05) is 0 Å². The van der Waals surface area contributed by atoms with E-state index in [1.54, 1.807) is 20.8 Å². The monoisotopic (exact) mass is 337 g/mol. The number of rotatable bonds is 2. The van der Waals surface area contributed by atoms with Crippen LogP contribution in [0.5, 0.6) is 5.75 Å². The van der Waals surface area contributed by atoms with Crippen LogP contribution in [0.25, 0.3) is 0 Å². The van der Waals surface area contributed by atoms with E-state index >= 15 is 0 Å². The number of nitro benzene ring substituents is 1. The van der Waals surface area contributed by atoms with Gasteiger partial charge in [-0.25, -0.2) is 19.6 Å². The molecule has 2 amide bonds. The minimum Gasteiger partial charge on any atom is -0.442 e. The topological polar surface area (TPSA) is 102 Å². The number of carbonyl (C=O) groups excluding carboxylic acids is 2. The van der Waals surface area contributed by atoms with E-state index in [4.69, 9.17) is 9.47 Å². The molecule has 24 heavy (non-hydrogen) atoms. The van der Waals surface area contributed by atoms with Crippen LogP contribution in [-0.2, 0) is 4.74 Å². The number of ether oxygens (including phenoxy) is 2. The van der Waals surface area contributed by atoms with Gasteiger partial charge in [-0.3, -0.25) is 10.1 Å². The van der Waals surface area contributed by atoms with Crippen molar-refractivity contribution < 1.29 is 24.0 Å². The summed E-state index contributed by atoms with van der Waals surface area (Å²) in [5.74, 6) is 0.154. The molecule has 130 valence electrons. The molecule has 1 aliphatic heterocycles. The Bertz CT molecular complexity index is 638. The normalized spacial score (nSPS) is 14.5. The second-order valence-electron chi connectivity index (χ2n) is 6.20. The van der Waals surface area contributed by atoms with Gasteiger partial charge in [0.05, 0.1) is 4.92 Å². The Kier molecular flexibility index (Phi) is 4.91. The summed E-state index contributed by atoms with van der Waals surface area (Å²) in [5.41, 5.74) is -0.778. The highest BCUT2D eigenvalue weighted by Crippen LogP contribution is 2.21. The smallest absolute Gasteiger partial charge is 0.434 e. The van der Waals surface area contributed by atoms with Gasteiger partial charge in [0.15, 0.2) is 0 Å². The lowest BCUT2D eigenvalue weighted by Crippen LogP contribution is -2.47. The van der Waals surface area contributed by atoms with Gasteiger partial charge in [0.25, 0.3) is 5.69 Å². The van der Waals surface area contributed by atoms with Crippen molar-refractivity contribution in [1.29, 1.82) is 0 Å². The highest BCUT2D eigenvalue weighted by Gasteiger charge is 2.35. The quantitative estimate of drug-likeness (QED) is 0.607. The number of non-ortho nitro benzene ring substituents is 1. The van der Waals surface area contributed by atoms with Crippen LogP contribution in [0.15, 0.2) is 24.3 Å². The maximum absolute atomic E-state index is 12.2. The van der Waals surface area contributed by atoms with Gasteiger partial charge in [0.2, 0.25) is 0 Å². The molecule has 1 aromatic carbocycles. The van der Waals surface area contributed by atoms with Crippen molar-refractivity contribution in [3.05, 3.63) is 34.4 Å². The largest absolute Gasteiger partial charge is 0.442 e. The fourth-order valence-corrected chi connectivity index (χ4v) is 2.10. The maximum atomic E-state index is 12.2. The first-order chi connectivity index (χ1) is 11.2. The molecule has 1 saturated heterocycles. The predicted molar refractivity (Wildman–Crippen MR) is 83.4 cm³/mol. The molecule has 1 fully saturated rings. The highest BCUT2D eigenvalue weighted by molar-refractivity contribution is 5.76. The lowest BCUT2D eigenvalue weighted by atomic mass is 10.2. The van der Waals surface area contributed by atoms with Gasteiger partial charge >= 0.3 is 12.2 Å². The van der Waals surface area contributed by atoms with Crippen molar-refractivity contribution in [3.8, 4) is 5.75 Å². The molecule has 0 bridgehead atoms. The number of nitro groups is 1. The maximum Gasteiger partial charge on any atom is 0.434 e. The third kappa shape index (κ3) is 4.34. The molecule has 1 heterocycles. The first-order valence-electron chi connectivity index (χ1n) is 7.41. The van der Waals surface area contributed by atoms with E-state index in [-0.39, 0.29) is 11.4 Å². The van der Waals surface area contributed by atoms with E-state index in [2.05, 4.69) is 0 Å². The van der Waals surface area contributed by atoms with Crippen molar-refractivity contribution in [1.82, 2.24) is 10.0 Å². The number of carbonyl (C=O) groups is 2. The molecule has 0 aliphatic carbocycles. The molecule has 0 radical (unpaired) electrons. The summed E-state index contributed by atoms with van der Waals surface area (Å²) < 4.78 is 10.4. The van der Waals surface area contributed by atoms with Crippen LogP contribution in [0.2, 0.25) is 0 Å². The Balaban J connectivity index is 2.02. The van der Waals surface area contributed by atoms with Crippen LogP contribution >= 0.6 is 0 Å². The SMILES string of the molecule is CC(C)(C)OC(=O)N1CCCN1C(=O)Oc1ccc([N+](=O)[O-])cc1. The molecule has 1 aliphatic rings. The summed E-state index contributed by atoms with van der Waals surface area (Å²) in [7, 11) is 0.